The molecule has 0 bridgehead atoms. The summed E-state index contributed by atoms with van der Waals surface area (Å²) in [6.07, 6.45) is 3.75. The maximum Gasteiger partial charge on any atom is 0.139 e. The number of aliphatic hydroxyl groups is 1. The molecule has 19 heavy (non-hydrogen) atoms. The van der Waals surface area contributed by atoms with Gasteiger partial charge >= 0.3 is 0 Å². The summed E-state index contributed by atoms with van der Waals surface area (Å²) in [6, 6.07) is 5.67. The van der Waals surface area contributed by atoms with Gasteiger partial charge in [0.15, 0.2) is 0 Å². The summed E-state index contributed by atoms with van der Waals surface area (Å²) in [5.41, 5.74) is 0.903. The van der Waals surface area contributed by atoms with E-state index in [0.717, 1.165) is 42.7 Å². The molecule has 1 aromatic carbocycles. The van der Waals surface area contributed by atoms with Gasteiger partial charge in [0.05, 0.1) is 5.52 Å². The third-order valence-electron chi connectivity index (χ3n) is 3.65. The minimum Gasteiger partial charge on any atom is -0.396 e. The summed E-state index contributed by atoms with van der Waals surface area (Å²) in [5.74, 6) is 1.25. The van der Waals surface area contributed by atoms with E-state index < -0.39 is 0 Å². The molecular formula is C14H16ClN3O. The van der Waals surface area contributed by atoms with Crippen molar-refractivity contribution in [3.8, 4) is 0 Å². The van der Waals surface area contributed by atoms with Crippen molar-refractivity contribution in [1.82, 2.24) is 9.97 Å². The molecule has 3 rings (SSSR count). The van der Waals surface area contributed by atoms with E-state index in [1.165, 1.54) is 0 Å². The van der Waals surface area contributed by atoms with Crippen LogP contribution in [0, 0.1) is 5.92 Å². The average molecular weight is 278 g/mol. The van der Waals surface area contributed by atoms with Crippen LogP contribution in [0.2, 0.25) is 5.02 Å². The molecule has 100 valence electrons. The quantitative estimate of drug-likeness (QED) is 0.916. The Morgan fingerprint density at radius 1 is 1.37 bits per heavy atom. The molecule has 0 spiro atoms. The molecule has 5 heteroatoms. The van der Waals surface area contributed by atoms with E-state index in [1.54, 1.807) is 6.33 Å². The van der Waals surface area contributed by atoms with Crippen molar-refractivity contribution in [3.05, 3.63) is 29.5 Å². The van der Waals surface area contributed by atoms with Crippen LogP contribution in [-0.4, -0.2) is 34.8 Å². The second-order valence-electron chi connectivity index (χ2n) is 5.00. The summed E-state index contributed by atoms with van der Waals surface area (Å²) in [6.45, 7) is 2.05. The Hall–Kier alpha value is -1.39. The molecule has 0 saturated carbocycles. The molecule has 0 amide bonds. The molecule has 1 saturated heterocycles. The van der Waals surface area contributed by atoms with Gasteiger partial charge in [-0.1, -0.05) is 11.6 Å². The molecule has 1 aliphatic heterocycles. The van der Waals surface area contributed by atoms with Crippen molar-refractivity contribution in [3.63, 3.8) is 0 Å². The molecule has 1 unspecified atom stereocenters. The number of nitrogens with zero attached hydrogens (tertiary/aromatic N) is 3. The van der Waals surface area contributed by atoms with E-state index in [2.05, 4.69) is 14.9 Å². The smallest absolute Gasteiger partial charge is 0.139 e. The number of hydrogen-bond acceptors (Lipinski definition) is 4. The highest BCUT2D eigenvalue weighted by Gasteiger charge is 2.21. The highest BCUT2D eigenvalue weighted by atomic mass is 35.5. The Bertz CT molecular complexity index is 590. The number of hydrogen-bond donors (Lipinski definition) is 1. The Balaban J connectivity index is 2.02. The van der Waals surface area contributed by atoms with Crippen molar-refractivity contribution in [2.24, 2.45) is 5.92 Å². The number of aromatic nitrogens is 2. The van der Waals surface area contributed by atoms with E-state index in [-0.39, 0.29) is 6.61 Å². The highest BCUT2D eigenvalue weighted by molar-refractivity contribution is 6.31. The van der Waals surface area contributed by atoms with Crippen molar-refractivity contribution in [2.45, 2.75) is 12.8 Å². The lowest BCUT2D eigenvalue weighted by Gasteiger charge is -2.33. The van der Waals surface area contributed by atoms with Crippen LogP contribution in [-0.2, 0) is 0 Å². The molecule has 0 aliphatic carbocycles. The number of fused-ring (bicyclic) bond motifs is 1. The largest absolute Gasteiger partial charge is 0.396 e. The van der Waals surface area contributed by atoms with Crippen LogP contribution in [0.3, 0.4) is 0 Å². The third-order valence-corrected chi connectivity index (χ3v) is 3.89. The van der Waals surface area contributed by atoms with Gasteiger partial charge in [-0.05, 0) is 37.0 Å². The summed E-state index contributed by atoms with van der Waals surface area (Å²) < 4.78 is 0. The molecule has 1 fully saturated rings. The van der Waals surface area contributed by atoms with Crippen LogP contribution >= 0.6 is 11.6 Å². The number of anilines is 1. The maximum atomic E-state index is 9.33. The first-order chi connectivity index (χ1) is 9.28. The maximum absolute atomic E-state index is 9.33. The summed E-state index contributed by atoms with van der Waals surface area (Å²) >= 11 is 6.07. The van der Waals surface area contributed by atoms with E-state index in [1.807, 2.05) is 18.2 Å². The first kappa shape index (κ1) is 12.6. The SMILES string of the molecule is OCC1CCCN(c2ncnc3ccc(Cl)cc23)C1. The Morgan fingerprint density at radius 3 is 3.11 bits per heavy atom. The predicted molar refractivity (Wildman–Crippen MR) is 76.6 cm³/mol. The van der Waals surface area contributed by atoms with Gasteiger partial charge in [0.25, 0.3) is 0 Å². The molecule has 1 atom stereocenters. The minimum absolute atomic E-state index is 0.236. The fourth-order valence-corrected chi connectivity index (χ4v) is 2.85. The monoisotopic (exact) mass is 277 g/mol. The Morgan fingerprint density at radius 2 is 2.26 bits per heavy atom. The van der Waals surface area contributed by atoms with Crippen LogP contribution in [0.1, 0.15) is 12.8 Å². The van der Waals surface area contributed by atoms with Crippen LogP contribution in [0.5, 0.6) is 0 Å². The lowest BCUT2D eigenvalue weighted by molar-refractivity contribution is 0.208. The van der Waals surface area contributed by atoms with E-state index >= 15 is 0 Å². The van der Waals surface area contributed by atoms with Gasteiger partial charge < -0.3 is 10.0 Å². The Kier molecular flexibility index (Phi) is 3.53. The highest BCUT2D eigenvalue weighted by Crippen LogP contribution is 2.28. The molecule has 1 N–H and O–H groups in total. The van der Waals surface area contributed by atoms with Crippen LogP contribution < -0.4 is 4.90 Å². The zero-order valence-electron chi connectivity index (χ0n) is 10.6. The fourth-order valence-electron chi connectivity index (χ4n) is 2.67. The van der Waals surface area contributed by atoms with Crippen molar-refractivity contribution in [2.75, 3.05) is 24.6 Å². The van der Waals surface area contributed by atoms with E-state index in [4.69, 9.17) is 11.6 Å². The molecule has 2 aromatic rings. The van der Waals surface area contributed by atoms with Crippen molar-refractivity contribution >= 4 is 28.3 Å². The second-order valence-corrected chi connectivity index (χ2v) is 5.43. The second kappa shape index (κ2) is 5.31. The van der Waals surface area contributed by atoms with E-state index in [9.17, 15) is 5.11 Å². The van der Waals surface area contributed by atoms with Gasteiger partial charge in [-0.25, -0.2) is 9.97 Å². The first-order valence-electron chi connectivity index (χ1n) is 6.54. The Labute approximate surface area is 117 Å². The van der Waals surface area contributed by atoms with Gasteiger partial charge in [0, 0.05) is 30.1 Å². The number of aliphatic hydroxyl groups excluding tert-OH is 1. The lowest BCUT2D eigenvalue weighted by atomic mass is 9.99. The molecule has 1 aliphatic rings. The predicted octanol–water partition coefficient (Wildman–Crippen LogP) is 2.49. The van der Waals surface area contributed by atoms with Crippen molar-refractivity contribution < 1.29 is 5.11 Å². The van der Waals surface area contributed by atoms with Crippen LogP contribution in [0.25, 0.3) is 10.9 Å². The van der Waals surface area contributed by atoms with Crippen LogP contribution in [0.4, 0.5) is 5.82 Å². The van der Waals surface area contributed by atoms with Gasteiger partial charge in [-0.2, -0.15) is 0 Å². The molecule has 0 radical (unpaired) electrons. The standard InChI is InChI=1S/C14H16ClN3O/c15-11-3-4-13-12(6-11)14(17-9-16-13)18-5-1-2-10(7-18)8-19/h3-4,6,9-10,19H,1-2,5,7-8H2. The average Bonchev–Trinajstić information content (AvgIpc) is 2.46. The first-order valence-corrected chi connectivity index (χ1v) is 6.92. The topological polar surface area (TPSA) is 49.2 Å². The minimum atomic E-state index is 0.236. The van der Waals surface area contributed by atoms with Crippen LogP contribution in [0.15, 0.2) is 24.5 Å². The number of halogens is 1. The number of piperidine rings is 1. The van der Waals surface area contributed by atoms with Gasteiger partial charge in [0.2, 0.25) is 0 Å². The molecule has 2 heterocycles. The summed E-state index contributed by atoms with van der Waals surface area (Å²) in [5, 5.41) is 11.0. The van der Waals surface area contributed by atoms with E-state index in [0.29, 0.717) is 10.9 Å². The summed E-state index contributed by atoms with van der Waals surface area (Å²) in [7, 11) is 0. The zero-order chi connectivity index (χ0) is 13.2. The fraction of sp³-hybridized carbons (Fsp3) is 0.429. The molecular weight excluding hydrogens is 262 g/mol. The third kappa shape index (κ3) is 2.51. The van der Waals surface area contributed by atoms with Gasteiger partial charge in [0.1, 0.15) is 12.1 Å². The zero-order valence-corrected chi connectivity index (χ0v) is 11.3. The number of benzene rings is 1. The summed E-state index contributed by atoms with van der Waals surface area (Å²) in [4.78, 5) is 10.9. The lowest BCUT2D eigenvalue weighted by Crippen LogP contribution is -2.37. The molecule has 1 aromatic heterocycles. The molecule has 4 nitrogen and oxygen atoms in total. The number of rotatable bonds is 2. The normalized spacial score (nSPS) is 19.9. The van der Waals surface area contributed by atoms with Crippen molar-refractivity contribution in [1.29, 1.82) is 0 Å². The van der Waals surface area contributed by atoms with Gasteiger partial charge in [-0.3, -0.25) is 0 Å². The van der Waals surface area contributed by atoms with Gasteiger partial charge in [-0.15, -0.1) is 0 Å².